The lowest BCUT2D eigenvalue weighted by Crippen LogP contribution is -2.10. The molecule has 66 heavy (non-hydrogen) atoms. The van der Waals surface area contributed by atoms with Crippen molar-refractivity contribution in [2.24, 2.45) is 0 Å². The van der Waals surface area contributed by atoms with Crippen LogP contribution in [0.15, 0.2) is 255 Å². The first-order valence-electron chi connectivity index (χ1n) is 22.7. The molecule has 0 spiro atoms. The highest BCUT2D eigenvalue weighted by Gasteiger charge is 2.20. The van der Waals surface area contributed by atoms with Gasteiger partial charge in [0.15, 0.2) is 0 Å². The molecule has 0 unspecified atom stereocenters. The first kappa shape index (κ1) is 41.6. The van der Waals surface area contributed by atoms with Gasteiger partial charge >= 0.3 is 0 Å². The first-order chi connectivity index (χ1) is 32.5. The minimum atomic E-state index is 1.09. The molecule has 0 amide bonds. The van der Waals surface area contributed by atoms with Crippen molar-refractivity contribution in [2.45, 2.75) is 20.8 Å². The van der Waals surface area contributed by atoms with Gasteiger partial charge in [-0.15, -0.1) is 0 Å². The normalized spacial score (nSPS) is 11.0. The molecule has 0 aliphatic carbocycles. The lowest BCUT2D eigenvalue weighted by Gasteiger charge is -2.27. The van der Waals surface area contributed by atoms with Crippen LogP contribution in [0.25, 0.3) is 33.4 Å². The van der Waals surface area contributed by atoms with Crippen molar-refractivity contribution in [1.29, 1.82) is 0 Å². The Morgan fingerprint density at radius 1 is 0.212 bits per heavy atom. The molecule has 0 aliphatic rings. The second kappa shape index (κ2) is 18.8. The number of hydrogen-bond acceptors (Lipinski definition) is 3. The predicted molar refractivity (Wildman–Crippen MR) is 281 cm³/mol. The summed E-state index contributed by atoms with van der Waals surface area (Å²) in [5.41, 5.74) is 20.6. The van der Waals surface area contributed by atoms with Crippen LogP contribution in [0, 0.1) is 20.8 Å². The van der Waals surface area contributed by atoms with E-state index in [0.717, 1.165) is 67.9 Å². The SMILES string of the molecule is Cc1cccc(N(c2ccccc2)c2ccc(-c3cccc(-c4ccc(N(c5ccccc5)c5cccc(C)c5)cc4)c3-c3ccc(N(c4ccccc4)c4cccc(C)c4)cc3)cc2)c1. The summed E-state index contributed by atoms with van der Waals surface area (Å²) in [7, 11) is 0. The van der Waals surface area contributed by atoms with Gasteiger partial charge in [0.25, 0.3) is 0 Å². The molecule has 3 heteroatoms. The van der Waals surface area contributed by atoms with Gasteiger partial charge < -0.3 is 14.7 Å². The Hall–Kier alpha value is -8.40. The Kier molecular flexibility index (Phi) is 11.8. The van der Waals surface area contributed by atoms with E-state index >= 15 is 0 Å². The summed E-state index contributed by atoms with van der Waals surface area (Å²) in [6.45, 7) is 6.45. The average Bonchev–Trinajstić information content (AvgIpc) is 3.36. The molecule has 10 aromatic rings. The van der Waals surface area contributed by atoms with E-state index in [1.807, 2.05) is 0 Å². The molecule has 0 N–H and O–H groups in total. The number of hydrogen-bond donors (Lipinski definition) is 0. The fourth-order valence-corrected chi connectivity index (χ4v) is 9.08. The van der Waals surface area contributed by atoms with Crippen LogP contribution in [-0.2, 0) is 0 Å². The van der Waals surface area contributed by atoms with E-state index in [1.54, 1.807) is 0 Å². The van der Waals surface area contributed by atoms with Crippen molar-refractivity contribution in [3.8, 4) is 33.4 Å². The van der Waals surface area contributed by atoms with Gasteiger partial charge in [-0.25, -0.2) is 0 Å². The summed E-state index contributed by atoms with van der Waals surface area (Å²) in [5.74, 6) is 0. The van der Waals surface area contributed by atoms with Crippen LogP contribution in [0.4, 0.5) is 51.2 Å². The molecule has 0 saturated carbocycles. The third-order valence-corrected chi connectivity index (χ3v) is 12.2. The van der Waals surface area contributed by atoms with E-state index in [2.05, 4.69) is 290 Å². The van der Waals surface area contributed by atoms with Crippen LogP contribution < -0.4 is 14.7 Å². The zero-order valence-electron chi connectivity index (χ0n) is 37.6. The maximum Gasteiger partial charge on any atom is 0.0464 e. The van der Waals surface area contributed by atoms with E-state index in [-0.39, 0.29) is 0 Å². The summed E-state index contributed by atoms with van der Waals surface area (Å²) >= 11 is 0. The van der Waals surface area contributed by atoms with Crippen molar-refractivity contribution >= 4 is 51.2 Å². The van der Waals surface area contributed by atoms with Crippen LogP contribution in [0.5, 0.6) is 0 Å². The smallest absolute Gasteiger partial charge is 0.0464 e. The van der Waals surface area contributed by atoms with Crippen LogP contribution >= 0.6 is 0 Å². The Bertz CT molecular complexity index is 3050. The van der Waals surface area contributed by atoms with Crippen molar-refractivity contribution in [3.63, 3.8) is 0 Å². The highest BCUT2D eigenvalue weighted by molar-refractivity contribution is 5.96. The van der Waals surface area contributed by atoms with Gasteiger partial charge in [-0.3, -0.25) is 0 Å². The second-order valence-corrected chi connectivity index (χ2v) is 16.9. The van der Waals surface area contributed by atoms with Gasteiger partial charge in [0.2, 0.25) is 0 Å². The maximum atomic E-state index is 2.33. The van der Waals surface area contributed by atoms with Crippen molar-refractivity contribution in [2.75, 3.05) is 14.7 Å². The van der Waals surface area contributed by atoms with Crippen LogP contribution in [0.3, 0.4) is 0 Å². The number of anilines is 9. The summed E-state index contributed by atoms with van der Waals surface area (Å²) in [4.78, 5) is 6.99. The topological polar surface area (TPSA) is 9.72 Å². The molecular weight excluding hydrogens is 799 g/mol. The number of rotatable bonds is 12. The predicted octanol–water partition coefficient (Wildman–Crippen LogP) is 18.0. The fraction of sp³-hybridized carbons (Fsp3) is 0.0476. The van der Waals surface area contributed by atoms with Crippen LogP contribution in [-0.4, -0.2) is 0 Å². The minimum Gasteiger partial charge on any atom is -0.310 e. The van der Waals surface area contributed by atoms with Gasteiger partial charge in [-0.1, -0.05) is 146 Å². The number of nitrogens with zero attached hydrogens (tertiary/aromatic N) is 3. The molecule has 0 heterocycles. The highest BCUT2D eigenvalue weighted by Crippen LogP contribution is 2.45. The molecule has 0 saturated heterocycles. The lowest BCUT2D eigenvalue weighted by atomic mass is 9.87. The molecule has 0 bridgehead atoms. The number of aryl methyl sites for hydroxylation is 3. The van der Waals surface area contributed by atoms with Crippen LogP contribution in [0.2, 0.25) is 0 Å². The van der Waals surface area contributed by atoms with Gasteiger partial charge in [0, 0.05) is 51.2 Å². The molecule has 318 valence electrons. The average molecular weight is 850 g/mol. The molecule has 10 rings (SSSR count). The molecular formula is C63H51N3. The molecule has 0 aromatic heterocycles. The third kappa shape index (κ3) is 8.75. The summed E-state index contributed by atoms with van der Waals surface area (Å²) in [6.07, 6.45) is 0. The Labute approximate surface area is 389 Å². The highest BCUT2D eigenvalue weighted by atomic mass is 15.2. The van der Waals surface area contributed by atoms with E-state index in [1.165, 1.54) is 33.4 Å². The zero-order valence-corrected chi connectivity index (χ0v) is 37.6. The van der Waals surface area contributed by atoms with Gasteiger partial charge in [-0.05, 0) is 180 Å². The number of para-hydroxylation sites is 3. The summed E-state index contributed by atoms with van der Waals surface area (Å²) < 4.78 is 0. The number of benzene rings is 10. The molecule has 0 atom stereocenters. The van der Waals surface area contributed by atoms with Crippen molar-refractivity contribution in [1.82, 2.24) is 0 Å². The second-order valence-electron chi connectivity index (χ2n) is 16.9. The molecule has 10 aromatic carbocycles. The van der Waals surface area contributed by atoms with E-state index in [0.29, 0.717) is 0 Å². The third-order valence-electron chi connectivity index (χ3n) is 12.2. The fourth-order valence-electron chi connectivity index (χ4n) is 9.08. The monoisotopic (exact) mass is 849 g/mol. The lowest BCUT2D eigenvalue weighted by molar-refractivity contribution is 1.27. The molecule has 0 radical (unpaired) electrons. The zero-order chi connectivity index (χ0) is 44.8. The molecule has 3 nitrogen and oxygen atoms in total. The Morgan fingerprint density at radius 2 is 0.470 bits per heavy atom. The van der Waals surface area contributed by atoms with Gasteiger partial charge in [0.05, 0.1) is 0 Å². The Morgan fingerprint density at radius 3 is 0.773 bits per heavy atom. The van der Waals surface area contributed by atoms with Crippen LogP contribution in [0.1, 0.15) is 16.7 Å². The molecule has 0 aliphatic heterocycles. The summed E-state index contributed by atoms with van der Waals surface area (Å²) in [6, 6.07) is 91.9. The maximum absolute atomic E-state index is 2.33. The van der Waals surface area contributed by atoms with Gasteiger partial charge in [-0.2, -0.15) is 0 Å². The molecule has 0 fully saturated rings. The first-order valence-corrected chi connectivity index (χ1v) is 22.7. The quantitative estimate of drug-likeness (QED) is 0.121. The standard InChI is InChI=1S/C63H51N3/c1-46-17-13-26-58(43-46)64(52-20-7-4-8-21-52)55-37-31-49(32-38-55)61-29-16-30-62(50-33-39-56(40-34-50)65(53-22-9-5-10-23-53)59-27-14-18-47(2)44-59)63(61)51-35-41-57(42-36-51)66(54-24-11-6-12-25-54)60-28-15-19-48(3)45-60/h4-45H,1-3H3. The largest absolute Gasteiger partial charge is 0.310 e. The van der Waals surface area contributed by atoms with Gasteiger partial charge in [0.1, 0.15) is 0 Å². The minimum absolute atomic E-state index is 1.09. The van der Waals surface area contributed by atoms with E-state index in [9.17, 15) is 0 Å². The van der Waals surface area contributed by atoms with Crippen molar-refractivity contribution in [3.05, 3.63) is 271 Å². The van der Waals surface area contributed by atoms with E-state index < -0.39 is 0 Å². The summed E-state index contributed by atoms with van der Waals surface area (Å²) in [5, 5.41) is 0. The Balaban J connectivity index is 1.10. The van der Waals surface area contributed by atoms with Crippen molar-refractivity contribution < 1.29 is 0 Å². The van der Waals surface area contributed by atoms with E-state index in [4.69, 9.17) is 0 Å².